The van der Waals surface area contributed by atoms with Crippen molar-refractivity contribution in [3.63, 3.8) is 0 Å². The van der Waals surface area contributed by atoms with E-state index in [2.05, 4.69) is 10.4 Å². The van der Waals surface area contributed by atoms with Crippen LogP contribution in [0, 0.1) is 6.92 Å². The Bertz CT molecular complexity index is 1080. The molecule has 2 aromatic carbocycles. The minimum Gasteiger partial charge on any atom is -0.345 e. The first-order valence-corrected chi connectivity index (χ1v) is 9.08. The number of carbonyl (C=O) groups is 1. The molecule has 1 heterocycles. The van der Waals surface area contributed by atoms with Crippen LogP contribution >= 0.6 is 0 Å². The first-order chi connectivity index (χ1) is 14.4. The minimum absolute atomic E-state index is 0.0997. The van der Waals surface area contributed by atoms with Crippen LogP contribution in [0.25, 0.3) is 5.69 Å². The van der Waals surface area contributed by atoms with Crippen LogP contribution in [-0.4, -0.2) is 15.7 Å². The molecule has 0 saturated carbocycles. The molecule has 1 atom stereocenters. The third-order valence-electron chi connectivity index (χ3n) is 4.62. The third kappa shape index (κ3) is 4.89. The molecular formula is C21H17F6N3O. The van der Waals surface area contributed by atoms with Crippen molar-refractivity contribution in [1.82, 2.24) is 15.1 Å². The molecule has 0 fully saturated rings. The van der Waals surface area contributed by atoms with Gasteiger partial charge in [0.2, 0.25) is 0 Å². The van der Waals surface area contributed by atoms with E-state index in [4.69, 9.17) is 0 Å². The molecule has 0 aliphatic heterocycles. The lowest BCUT2D eigenvalue weighted by Crippen LogP contribution is -2.29. The smallest absolute Gasteiger partial charge is 0.345 e. The zero-order chi connectivity index (χ0) is 23.0. The van der Waals surface area contributed by atoms with Gasteiger partial charge in [-0.2, -0.15) is 31.4 Å². The number of benzene rings is 2. The molecule has 0 radical (unpaired) electrons. The van der Waals surface area contributed by atoms with Gasteiger partial charge < -0.3 is 5.32 Å². The molecule has 0 saturated heterocycles. The molecule has 0 aliphatic carbocycles. The van der Waals surface area contributed by atoms with Crippen molar-refractivity contribution in [2.45, 2.75) is 32.2 Å². The second kappa shape index (κ2) is 8.09. The molecule has 1 unspecified atom stereocenters. The van der Waals surface area contributed by atoms with Gasteiger partial charge in [0.05, 0.1) is 29.1 Å². The number of hydrogen-bond acceptors (Lipinski definition) is 2. The van der Waals surface area contributed by atoms with Crippen LogP contribution in [0.3, 0.4) is 0 Å². The van der Waals surface area contributed by atoms with Crippen molar-refractivity contribution in [3.05, 3.63) is 82.7 Å². The molecule has 3 aromatic rings. The van der Waals surface area contributed by atoms with Crippen LogP contribution in [-0.2, 0) is 12.4 Å². The van der Waals surface area contributed by atoms with Crippen molar-refractivity contribution in [3.8, 4) is 5.69 Å². The number of aromatic nitrogens is 2. The predicted octanol–water partition coefficient (Wildman–Crippen LogP) is 5.71. The van der Waals surface area contributed by atoms with E-state index in [-0.39, 0.29) is 11.3 Å². The summed E-state index contributed by atoms with van der Waals surface area (Å²) in [6.45, 7) is 3.15. The maximum Gasteiger partial charge on any atom is 0.434 e. The van der Waals surface area contributed by atoms with Crippen LogP contribution in [0.5, 0.6) is 0 Å². The van der Waals surface area contributed by atoms with Crippen molar-refractivity contribution in [1.29, 1.82) is 0 Å². The first kappa shape index (κ1) is 22.4. The summed E-state index contributed by atoms with van der Waals surface area (Å²) in [5, 5.41) is 6.04. The zero-order valence-corrected chi connectivity index (χ0v) is 16.3. The summed E-state index contributed by atoms with van der Waals surface area (Å²) >= 11 is 0. The van der Waals surface area contributed by atoms with Gasteiger partial charge in [-0.1, -0.05) is 29.8 Å². The Labute approximate surface area is 173 Å². The molecule has 4 nitrogen and oxygen atoms in total. The number of rotatable bonds is 4. The zero-order valence-electron chi connectivity index (χ0n) is 16.3. The first-order valence-electron chi connectivity index (χ1n) is 9.08. The van der Waals surface area contributed by atoms with E-state index in [0.29, 0.717) is 4.68 Å². The highest BCUT2D eigenvalue weighted by molar-refractivity contribution is 5.95. The number of nitrogens with zero attached hydrogens (tertiary/aromatic N) is 2. The highest BCUT2D eigenvalue weighted by Gasteiger charge is 2.41. The summed E-state index contributed by atoms with van der Waals surface area (Å²) in [6, 6.07) is 9.32. The van der Waals surface area contributed by atoms with Crippen LogP contribution in [0.15, 0.2) is 54.7 Å². The summed E-state index contributed by atoms with van der Waals surface area (Å²) in [5.41, 5.74) is -1.88. The molecule has 1 aromatic heterocycles. The van der Waals surface area contributed by atoms with Gasteiger partial charge in [0.25, 0.3) is 5.91 Å². The van der Waals surface area contributed by atoms with Crippen molar-refractivity contribution < 1.29 is 31.1 Å². The predicted molar refractivity (Wildman–Crippen MR) is 101 cm³/mol. The minimum atomic E-state index is -4.90. The Kier molecular flexibility index (Phi) is 5.84. The Morgan fingerprint density at radius 1 is 1.00 bits per heavy atom. The number of aryl methyl sites for hydroxylation is 1. The monoisotopic (exact) mass is 441 g/mol. The number of carbonyl (C=O) groups excluding carboxylic acids is 1. The fraction of sp³-hybridized carbons (Fsp3) is 0.238. The summed E-state index contributed by atoms with van der Waals surface area (Å²) in [7, 11) is 0. The van der Waals surface area contributed by atoms with E-state index in [1.54, 1.807) is 19.1 Å². The summed E-state index contributed by atoms with van der Waals surface area (Å²) in [5.74, 6) is -1.10. The molecule has 1 amide bonds. The van der Waals surface area contributed by atoms with E-state index in [0.717, 1.165) is 30.0 Å². The highest BCUT2D eigenvalue weighted by atomic mass is 19.4. The SMILES string of the molecule is Cc1ccc(-n2ncc(C(=O)NC(C)c3cccc(C(F)(F)F)c3)c2C(F)(F)F)cc1. The largest absolute Gasteiger partial charge is 0.434 e. The lowest BCUT2D eigenvalue weighted by Gasteiger charge is -2.17. The van der Waals surface area contributed by atoms with Gasteiger partial charge in [0.15, 0.2) is 5.69 Å². The third-order valence-corrected chi connectivity index (χ3v) is 4.62. The standard InChI is InChI=1S/C21H17F6N3O/c1-12-6-8-16(9-7-12)30-18(21(25,26)27)17(11-28-30)19(31)29-13(2)14-4-3-5-15(10-14)20(22,23)24/h3-11,13H,1-2H3,(H,29,31). The average Bonchev–Trinajstić information content (AvgIpc) is 3.14. The quantitative estimate of drug-likeness (QED) is 0.528. The van der Waals surface area contributed by atoms with Gasteiger partial charge in [-0.25, -0.2) is 4.68 Å². The average molecular weight is 441 g/mol. The Morgan fingerprint density at radius 2 is 1.65 bits per heavy atom. The van der Waals surface area contributed by atoms with Gasteiger partial charge in [0, 0.05) is 0 Å². The van der Waals surface area contributed by atoms with Crippen LogP contribution in [0.2, 0.25) is 0 Å². The van der Waals surface area contributed by atoms with E-state index in [9.17, 15) is 31.1 Å². The van der Waals surface area contributed by atoms with Crippen molar-refractivity contribution >= 4 is 5.91 Å². The molecule has 0 spiro atoms. The van der Waals surface area contributed by atoms with Gasteiger partial charge >= 0.3 is 12.4 Å². The van der Waals surface area contributed by atoms with E-state index in [1.807, 2.05) is 0 Å². The molecule has 0 bridgehead atoms. The molecule has 3 rings (SSSR count). The fourth-order valence-corrected chi connectivity index (χ4v) is 3.01. The number of nitrogens with one attached hydrogen (secondary N) is 1. The molecule has 10 heteroatoms. The molecule has 1 N–H and O–H groups in total. The van der Waals surface area contributed by atoms with Gasteiger partial charge in [0.1, 0.15) is 0 Å². The number of hydrogen-bond donors (Lipinski definition) is 1. The Balaban J connectivity index is 1.92. The normalized spacial score (nSPS) is 13.2. The van der Waals surface area contributed by atoms with Gasteiger partial charge in [-0.3, -0.25) is 4.79 Å². The summed E-state index contributed by atoms with van der Waals surface area (Å²) in [4.78, 5) is 12.6. The lowest BCUT2D eigenvalue weighted by atomic mass is 10.0. The maximum absolute atomic E-state index is 13.7. The van der Waals surface area contributed by atoms with Crippen molar-refractivity contribution in [2.75, 3.05) is 0 Å². The number of halogens is 6. The molecular weight excluding hydrogens is 424 g/mol. The van der Waals surface area contributed by atoms with Gasteiger partial charge in [-0.05, 0) is 43.7 Å². The second-order valence-electron chi connectivity index (χ2n) is 6.97. The number of alkyl halides is 6. The lowest BCUT2D eigenvalue weighted by molar-refractivity contribution is -0.143. The van der Waals surface area contributed by atoms with Crippen LogP contribution < -0.4 is 5.32 Å². The van der Waals surface area contributed by atoms with Crippen molar-refractivity contribution in [2.24, 2.45) is 0 Å². The number of amides is 1. The Hall–Kier alpha value is -3.30. The Morgan fingerprint density at radius 3 is 2.23 bits per heavy atom. The topological polar surface area (TPSA) is 46.9 Å². The molecule has 0 aliphatic rings. The molecule has 164 valence electrons. The molecule has 31 heavy (non-hydrogen) atoms. The maximum atomic E-state index is 13.7. The van der Waals surface area contributed by atoms with Gasteiger partial charge in [-0.15, -0.1) is 0 Å². The van der Waals surface area contributed by atoms with Crippen LogP contribution in [0.1, 0.15) is 45.7 Å². The van der Waals surface area contributed by atoms with Crippen LogP contribution in [0.4, 0.5) is 26.3 Å². The summed E-state index contributed by atoms with van der Waals surface area (Å²) in [6.07, 6.45) is -8.69. The van der Waals surface area contributed by atoms with E-state index in [1.165, 1.54) is 25.1 Å². The summed E-state index contributed by atoms with van der Waals surface area (Å²) < 4.78 is 80.6. The highest BCUT2D eigenvalue weighted by Crippen LogP contribution is 2.34. The fourth-order valence-electron chi connectivity index (χ4n) is 3.01. The van der Waals surface area contributed by atoms with E-state index < -0.39 is 41.1 Å². The second-order valence-corrected chi connectivity index (χ2v) is 6.97. The van der Waals surface area contributed by atoms with E-state index >= 15 is 0 Å².